The zero-order valence-corrected chi connectivity index (χ0v) is 36.5. The molecule has 0 saturated carbocycles. The standard InChI is InChI=1S/C47H48N8O10/c1-6-28-30-17-27(10-11-35(30)50-40-32(28)22-54-36(40)19-34-33(44(54)59)23-63-45(60)47(34,62)7-2)65-46(61)53-15-13-26(14-16-53)64-39-12-9-25(21-49-39)55-41(51-52-42(55)43(58)48-8-3)31-18-29(24(4)5)37(56)20-38(31)57/h9-12,17-21,24,26,56-57,62H,6-8,13-16,22-23H2,1-5H3,(H,48,58). The number of hydrogen-bond donors (Lipinski definition) is 4. The van der Waals surface area contributed by atoms with Crippen LogP contribution in [0.5, 0.6) is 23.1 Å². The molecule has 1 atom stereocenters. The van der Waals surface area contributed by atoms with Gasteiger partial charge in [-0.05, 0) is 73.2 Å². The fourth-order valence-corrected chi connectivity index (χ4v) is 9.00. The average molecular weight is 885 g/mol. The summed E-state index contributed by atoms with van der Waals surface area (Å²) < 4.78 is 20.4. The van der Waals surface area contributed by atoms with Gasteiger partial charge in [0.15, 0.2) is 11.4 Å². The Bertz CT molecular complexity index is 2970. The maximum Gasteiger partial charge on any atom is 0.415 e. The smallest absolute Gasteiger partial charge is 0.415 e. The van der Waals surface area contributed by atoms with Crippen molar-refractivity contribution in [1.29, 1.82) is 0 Å². The third kappa shape index (κ3) is 7.36. The number of rotatable bonds is 10. The summed E-state index contributed by atoms with van der Waals surface area (Å²) in [5, 5.41) is 44.5. The first-order valence-electron chi connectivity index (χ1n) is 21.8. The molecule has 0 bridgehead atoms. The minimum atomic E-state index is -1.92. The van der Waals surface area contributed by atoms with Gasteiger partial charge in [-0.25, -0.2) is 19.6 Å². The number of carbonyl (C=O) groups is 3. The zero-order valence-electron chi connectivity index (χ0n) is 36.5. The molecule has 6 aromatic rings. The highest BCUT2D eigenvalue weighted by atomic mass is 16.6. The predicted molar refractivity (Wildman–Crippen MR) is 235 cm³/mol. The van der Waals surface area contributed by atoms with Gasteiger partial charge in [0.25, 0.3) is 11.5 Å². The lowest BCUT2D eigenvalue weighted by atomic mass is 9.86. The number of carbonyl (C=O) groups excluding carboxylic acids is 3. The SMILES string of the molecule is CCNC(=O)c1nnc(-c2cc(C(C)C)c(O)cc2O)n1-c1ccc(OC2CCN(C(=O)Oc3ccc4nc5c(c(CC)c4c3)Cn3c-5cc4c(c3=O)COC(=O)C4(O)CC)CC2)nc1. The quantitative estimate of drug-likeness (QED) is 0.122. The van der Waals surface area contributed by atoms with Gasteiger partial charge >= 0.3 is 12.1 Å². The van der Waals surface area contributed by atoms with Crippen LogP contribution in [-0.2, 0) is 34.7 Å². The summed E-state index contributed by atoms with van der Waals surface area (Å²) in [6.45, 7) is 10.4. The molecule has 336 valence electrons. The molecular formula is C47H48N8O10. The van der Waals surface area contributed by atoms with E-state index in [0.29, 0.717) is 78.7 Å². The van der Waals surface area contributed by atoms with Gasteiger partial charge in [-0.3, -0.25) is 14.2 Å². The minimum Gasteiger partial charge on any atom is -0.508 e. The van der Waals surface area contributed by atoms with Gasteiger partial charge in [0, 0.05) is 61.1 Å². The molecule has 0 radical (unpaired) electrons. The number of likely N-dealkylation sites (tertiary alicyclic amines) is 1. The lowest BCUT2D eigenvalue weighted by molar-refractivity contribution is -0.172. The highest BCUT2D eigenvalue weighted by molar-refractivity contribution is 5.93. The average Bonchev–Trinajstić information content (AvgIpc) is 3.90. The maximum atomic E-state index is 13.7. The van der Waals surface area contributed by atoms with Crippen LogP contribution in [-0.4, -0.2) is 93.2 Å². The Hall–Kier alpha value is -7.34. The van der Waals surface area contributed by atoms with E-state index >= 15 is 0 Å². The van der Waals surface area contributed by atoms with Crippen LogP contribution < -0.4 is 20.3 Å². The zero-order chi connectivity index (χ0) is 45.9. The minimum absolute atomic E-state index is 0.0181. The summed E-state index contributed by atoms with van der Waals surface area (Å²) in [5.74, 6) is -0.758. The van der Waals surface area contributed by atoms with E-state index in [2.05, 4.69) is 20.5 Å². The summed E-state index contributed by atoms with van der Waals surface area (Å²) in [6.07, 6.45) is 2.46. The number of nitrogens with zero attached hydrogens (tertiary/aromatic N) is 7. The van der Waals surface area contributed by atoms with Crippen LogP contribution in [0, 0.1) is 0 Å². The number of benzene rings is 2. The summed E-state index contributed by atoms with van der Waals surface area (Å²) >= 11 is 0. The van der Waals surface area contributed by atoms with Crippen LogP contribution in [0.1, 0.15) is 98.2 Å². The predicted octanol–water partition coefficient (Wildman–Crippen LogP) is 5.61. The van der Waals surface area contributed by atoms with Crippen molar-refractivity contribution in [3.63, 3.8) is 0 Å². The normalized spacial score (nSPS) is 16.8. The lowest BCUT2D eigenvalue weighted by Crippen LogP contribution is -2.44. The van der Waals surface area contributed by atoms with Crippen LogP contribution in [0.2, 0.25) is 0 Å². The number of amides is 2. The number of piperidine rings is 1. The van der Waals surface area contributed by atoms with E-state index < -0.39 is 23.6 Å². The molecule has 0 spiro atoms. The molecule has 2 aromatic carbocycles. The van der Waals surface area contributed by atoms with Gasteiger partial charge in [-0.1, -0.05) is 27.7 Å². The molecule has 3 aliphatic heterocycles. The molecule has 4 N–H and O–H groups in total. The van der Waals surface area contributed by atoms with E-state index in [9.17, 15) is 34.5 Å². The Balaban J connectivity index is 0.880. The van der Waals surface area contributed by atoms with Gasteiger partial charge in [0.05, 0.1) is 46.5 Å². The van der Waals surface area contributed by atoms with Crippen molar-refractivity contribution in [1.82, 2.24) is 39.5 Å². The monoisotopic (exact) mass is 884 g/mol. The molecule has 7 heterocycles. The summed E-state index contributed by atoms with van der Waals surface area (Å²) in [5.41, 5.74) is 3.14. The van der Waals surface area contributed by atoms with Gasteiger partial charge in [0.1, 0.15) is 30.0 Å². The molecule has 2 amide bonds. The van der Waals surface area contributed by atoms with Crippen molar-refractivity contribution in [3.05, 3.63) is 98.7 Å². The number of phenolic OH excluding ortho intramolecular Hbond substituents is 2. The summed E-state index contributed by atoms with van der Waals surface area (Å²) in [6, 6.07) is 13.2. The molecular weight excluding hydrogens is 837 g/mol. The highest BCUT2D eigenvalue weighted by Crippen LogP contribution is 2.42. The van der Waals surface area contributed by atoms with Gasteiger partial charge in [-0.15, -0.1) is 10.2 Å². The number of nitrogens with one attached hydrogen (secondary N) is 1. The number of aliphatic hydroxyl groups is 1. The molecule has 18 nitrogen and oxygen atoms in total. The van der Waals surface area contributed by atoms with E-state index in [4.69, 9.17) is 19.2 Å². The van der Waals surface area contributed by atoms with Crippen LogP contribution in [0.3, 0.4) is 0 Å². The lowest BCUT2D eigenvalue weighted by Gasteiger charge is -2.31. The Morgan fingerprint density at radius 3 is 2.46 bits per heavy atom. The summed E-state index contributed by atoms with van der Waals surface area (Å²) in [7, 11) is 0. The first-order chi connectivity index (χ1) is 31.2. The van der Waals surface area contributed by atoms with E-state index in [1.54, 1.807) is 65.8 Å². The number of esters is 1. The van der Waals surface area contributed by atoms with E-state index in [1.807, 2.05) is 20.8 Å². The fourth-order valence-electron chi connectivity index (χ4n) is 9.00. The Labute approximate surface area is 372 Å². The first-order valence-corrected chi connectivity index (χ1v) is 21.8. The molecule has 9 rings (SSSR count). The molecule has 1 unspecified atom stereocenters. The van der Waals surface area contributed by atoms with Crippen LogP contribution in [0.15, 0.2) is 59.5 Å². The maximum absolute atomic E-state index is 13.7. The number of fused-ring (bicyclic) bond motifs is 5. The second kappa shape index (κ2) is 16.7. The molecule has 3 aliphatic rings. The molecule has 1 saturated heterocycles. The largest absolute Gasteiger partial charge is 0.508 e. The number of phenols is 2. The number of cyclic esters (lactones) is 1. The molecule has 1 fully saturated rings. The van der Waals surface area contributed by atoms with E-state index in [0.717, 1.165) is 16.5 Å². The second-order valence-corrected chi connectivity index (χ2v) is 16.7. The van der Waals surface area contributed by atoms with Gasteiger partial charge in [0.2, 0.25) is 11.7 Å². The van der Waals surface area contributed by atoms with E-state index in [-0.39, 0.29) is 77.0 Å². The Morgan fingerprint density at radius 2 is 1.77 bits per heavy atom. The van der Waals surface area contributed by atoms with Crippen molar-refractivity contribution in [2.45, 2.75) is 91.1 Å². The Morgan fingerprint density at radius 1 is 0.985 bits per heavy atom. The number of hydrogen-bond acceptors (Lipinski definition) is 14. The van der Waals surface area contributed by atoms with Crippen molar-refractivity contribution < 1.29 is 43.9 Å². The summed E-state index contributed by atoms with van der Waals surface area (Å²) in [4.78, 5) is 64.0. The third-order valence-electron chi connectivity index (χ3n) is 12.5. The van der Waals surface area contributed by atoms with Crippen molar-refractivity contribution in [3.8, 4) is 51.6 Å². The highest BCUT2D eigenvalue weighted by Gasteiger charge is 2.45. The second-order valence-electron chi connectivity index (χ2n) is 16.7. The number of ether oxygens (including phenoxy) is 3. The fraction of sp³-hybridized carbons (Fsp3) is 0.362. The third-order valence-corrected chi connectivity index (χ3v) is 12.5. The number of pyridine rings is 3. The number of aromatic nitrogens is 6. The van der Waals surface area contributed by atoms with E-state index in [1.165, 1.54) is 16.8 Å². The van der Waals surface area contributed by atoms with Crippen molar-refractivity contribution in [2.24, 2.45) is 0 Å². The number of aromatic hydroxyl groups is 2. The topological polar surface area (TPSA) is 233 Å². The van der Waals surface area contributed by atoms with Crippen LogP contribution in [0.25, 0.3) is 39.4 Å². The molecule has 18 heteroatoms. The number of aryl methyl sites for hydroxylation is 1. The van der Waals surface area contributed by atoms with Crippen molar-refractivity contribution in [2.75, 3.05) is 19.6 Å². The van der Waals surface area contributed by atoms with Crippen LogP contribution >= 0.6 is 0 Å². The van der Waals surface area contributed by atoms with Gasteiger partial charge < -0.3 is 44.3 Å². The first kappa shape index (κ1) is 42.9. The van der Waals surface area contributed by atoms with Crippen LogP contribution in [0.4, 0.5) is 4.79 Å². The molecule has 4 aromatic heterocycles. The van der Waals surface area contributed by atoms with Crippen molar-refractivity contribution >= 4 is 28.9 Å². The van der Waals surface area contributed by atoms with Gasteiger partial charge in [-0.2, -0.15) is 0 Å². The molecule has 0 aliphatic carbocycles. The Kier molecular flexibility index (Phi) is 11.0. The molecule has 65 heavy (non-hydrogen) atoms.